The molecule has 7 heteroatoms. The van der Waals surface area contributed by atoms with Crippen molar-refractivity contribution in [1.82, 2.24) is 9.88 Å². The van der Waals surface area contributed by atoms with E-state index in [9.17, 15) is 4.79 Å². The Morgan fingerprint density at radius 3 is 2.85 bits per heavy atom. The number of benzene rings is 1. The van der Waals surface area contributed by atoms with Gasteiger partial charge in [0.05, 0.1) is 5.75 Å². The summed E-state index contributed by atoms with van der Waals surface area (Å²) in [6.45, 7) is 2.73. The number of piperidine rings is 1. The molecule has 2 aliphatic heterocycles. The summed E-state index contributed by atoms with van der Waals surface area (Å²) in [4.78, 5) is 19.6. The van der Waals surface area contributed by atoms with Gasteiger partial charge in [0.15, 0.2) is 11.5 Å². The average molecular weight is 385 g/mol. The first-order valence-electron chi connectivity index (χ1n) is 9.25. The molecule has 1 aromatic heterocycles. The van der Waals surface area contributed by atoms with E-state index in [1.54, 1.807) is 24.2 Å². The van der Waals surface area contributed by atoms with Crippen LogP contribution >= 0.6 is 11.8 Å². The zero-order valence-electron chi connectivity index (χ0n) is 15.1. The van der Waals surface area contributed by atoms with Crippen LogP contribution in [0.1, 0.15) is 12.8 Å². The lowest BCUT2D eigenvalue weighted by molar-refractivity contribution is -0.129. The fourth-order valence-corrected chi connectivity index (χ4v) is 4.15. The summed E-state index contributed by atoms with van der Waals surface area (Å²) < 4.78 is 11.2. The molecular weight excluding hydrogens is 362 g/mol. The fraction of sp³-hybridized carbons (Fsp3) is 0.400. The Morgan fingerprint density at radius 2 is 2.00 bits per heavy atom. The average Bonchev–Trinajstić information content (AvgIpc) is 2.73. The first kappa shape index (κ1) is 18.0. The lowest BCUT2D eigenvalue weighted by Gasteiger charge is -2.34. The van der Waals surface area contributed by atoms with Crippen molar-refractivity contribution in [3.63, 3.8) is 0 Å². The lowest BCUT2D eigenvalue weighted by Crippen LogP contribution is -2.45. The second-order valence-corrected chi connectivity index (χ2v) is 7.70. The third-order valence-corrected chi connectivity index (χ3v) is 5.70. The molecule has 142 valence electrons. The van der Waals surface area contributed by atoms with E-state index in [0.717, 1.165) is 48.0 Å². The van der Waals surface area contributed by atoms with Crippen LogP contribution in [0.2, 0.25) is 0 Å². The number of nitrogens with zero attached hydrogens (tertiary/aromatic N) is 2. The van der Waals surface area contributed by atoms with Crippen molar-refractivity contribution in [3.8, 4) is 11.5 Å². The van der Waals surface area contributed by atoms with Gasteiger partial charge in [-0.2, -0.15) is 0 Å². The fourth-order valence-electron chi connectivity index (χ4n) is 3.36. The summed E-state index contributed by atoms with van der Waals surface area (Å²) in [7, 11) is 0. The number of ether oxygens (including phenoxy) is 2. The van der Waals surface area contributed by atoms with Gasteiger partial charge in [-0.25, -0.2) is 0 Å². The quantitative estimate of drug-likeness (QED) is 0.798. The van der Waals surface area contributed by atoms with E-state index in [0.29, 0.717) is 19.0 Å². The zero-order valence-corrected chi connectivity index (χ0v) is 15.9. The van der Waals surface area contributed by atoms with E-state index < -0.39 is 0 Å². The van der Waals surface area contributed by atoms with Gasteiger partial charge in [-0.1, -0.05) is 0 Å². The second-order valence-electron chi connectivity index (χ2n) is 6.65. The predicted octanol–water partition coefficient (Wildman–Crippen LogP) is 3.05. The van der Waals surface area contributed by atoms with E-state index in [1.807, 2.05) is 35.2 Å². The van der Waals surface area contributed by atoms with Crippen molar-refractivity contribution in [2.24, 2.45) is 0 Å². The summed E-state index contributed by atoms with van der Waals surface area (Å²) in [6, 6.07) is 10.0. The van der Waals surface area contributed by atoms with Gasteiger partial charge < -0.3 is 19.7 Å². The molecule has 4 rings (SSSR count). The summed E-state index contributed by atoms with van der Waals surface area (Å²) in [5.41, 5.74) is 1.00. The minimum Gasteiger partial charge on any atom is -0.486 e. The van der Waals surface area contributed by atoms with E-state index in [2.05, 4.69) is 10.3 Å². The molecule has 1 aromatic carbocycles. The summed E-state index contributed by atoms with van der Waals surface area (Å²) in [5.74, 6) is 2.22. The minimum atomic E-state index is 0.186. The van der Waals surface area contributed by atoms with Crippen molar-refractivity contribution < 1.29 is 14.3 Å². The summed E-state index contributed by atoms with van der Waals surface area (Å²) in [6.07, 6.45) is 5.56. The largest absolute Gasteiger partial charge is 0.486 e. The summed E-state index contributed by atoms with van der Waals surface area (Å²) >= 11 is 1.56. The number of anilines is 1. The zero-order chi connectivity index (χ0) is 18.5. The number of likely N-dealkylation sites (tertiary alicyclic amines) is 1. The molecule has 1 atom stereocenters. The van der Waals surface area contributed by atoms with Crippen LogP contribution in [0.3, 0.4) is 0 Å². The van der Waals surface area contributed by atoms with E-state index in [1.165, 1.54) is 0 Å². The van der Waals surface area contributed by atoms with Crippen LogP contribution in [0.25, 0.3) is 0 Å². The first-order valence-corrected chi connectivity index (χ1v) is 10.2. The molecule has 27 heavy (non-hydrogen) atoms. The number of carbonyl (C=O) groups excluding carboxylic acids is 1. The van der Waals surface area contributed by atoms with Crippen molar-refractivity contribution in [3.05, 3.63) is 42.7 Å². The smallest absolute Gasteiger partial charge is 0.233 e. The second kappa shape index (κ2) is 8.52. The third kappa shape index (κ3) is 4.66. The van der Waals surface area contributed by atoms with Gasteiger partial charge >= 0.3 is 0 Å². The molecule has 3 heterocycles. The Bertz CT molecular complexity index is 787. The van der Waals surface area contributed by atoms with Gasteiger partial charge in [-0.15, -0.1) is 11.8 Å². The van der Waals surface area contributed by atoms with Gasteiger partial charge in [0, 0.05) is 48.2 Å². The number of pyridine rings is 1. The number of carbonyl (C=O) groups is 1. The van der Waals surface area contributed by atoms with Crippen LogP contribution in [0.15, 0.2) is 47.6 Å². The van der Waals surface area contributed by atoms with Crippen molar-refractivity contribution in [2.45, 2.75) is 23.8 Å². The number of rotatable bonds is 5. The van der Waals surface area contributed by atoms with E-state index >= 15 is 0 Å². The molecule has 1 saturated heterocycles. The number of nitrogens with one attached hydrogen (secondary N) is 1. The number of amides is 1. The van der Waals surface area contributed by atoms with Crippen LogP contribution in [0.4, 0.5) is 5.69 Å². The van der Waals surface area contributed by atoms with Crippen LogP contribution < -0.4 is 14.8 Å². The molecule has 0 radical (unpaired) electrons. The molecule has 2 aromatic rings. The molecular formula is C20H23N3O3S. The highest BCUT2D eigenvalue weighted by Crippen LogP contribution is 2.33. The van der Waals surface area contributed by atoms with Crippen LogP contribution in [-0.2, 0) is 4.79 Å². The van der Waals surface area contributed by atoms with Crippen LogP contribution in [-0.4, -0.2) is 53.9 Å². The molecule has 0 saturated carbocycles. The Balaban J connectivity index is 1.32. The van der Waals surface area contributed by atoms with Gasteiger partial charge in [0.25, 0.3) is 0 Å². The first-order chi connectivity index (χ1) is 13.3. The lowest BCUT2D eigenvalue weighted by atomic mass is 10.1. The highest BCUT2D eigenvalue weighted by Gasteiger charge is 2.24. The molecule has 1 amide bonds. The van der Waals surface area contributed by atoms with Gasteiger partial charge in [0.1, 0.15) is 13.2 Å². The highest BCUT2D eigenvalue weighted by molar-refractivity contribution is 8.00. The minimum absolute atomic E-state index is 0.186. The molecule has 1 unspecified atom stereocenters. The van der Waals surface area contributed by atoms with Crippen LogP contribution in [0.5, 0.6) is 11.5 Å². The van der Waals surface area contributed by atoms with E-state index in [-0.39, 0.29) is 11.9 Å². The molecule has 1 fully saturated rings. The van der Waals surface area contributed by atoms with Crippen molar-refractivity contribution in [2.75, 3.05) is 37.4 Å². The van der Waals surface area contributed by atoms with Gasteiger partial charge in [-0.05, 0) is 37.1 Å². The standard InChI is InChI=1S/C20H23N3O3S/c24-20(14-27-17-5-7-21-8-6-17)23-9-1-2-16(13-23)22-15-3-4-18-19(12-15)26-11-10-25-18/h3-8,12,16,22H,1-2,9-11,13-14H2. The maximum Gasteiger partial charge on any atom is 0.233 e. The normalized spacial score (nSPS) is 18.8. The number of aromatic nitrogens is 1. The maximum atomic E-state index is 12.6. The number of hydrogen-bond donors (Lipinski definition) is 1. The SMILES string of the molecule is O=C(CSc1ccncc1)N1CCCC(Nc2ccc3c(c2)OCCO3)C1. The monoisotopic (exact) mass is 385 g/mol. The maximum absolute atomic E-state index is 12.6. The molecule has 2 aliphatic rings. The molecule has 0 bridgehead atoms. The Morgan fingerprint density at radius 1 is 1.19 bits per heavy atom. The number of fused-ring (bicyclic) bond motifs is 1. The molecule has 6 nitrogen and oxygen atoms in total. The Kier molecular flexibility index (Phi) is 5.67. The highest BCUT2D eigenvalue weighted by atomic mass is 32.2. The van der Waals surface area contributed by atoms with E-state index in [4.69, 9.17) is 9.47 Å². The Labute approximate surface area is 163 Å². The van der Waals surface area contributed by atoms with Crippen molar-refractivity contribution >= 4 is 23.4 Å². The predicted molar refractivity (Wildman–Crippen MR) is 106 cm³/mol. The molecule has 0 aliphatic carbocycles. The number of hydrogen-bond acceptors (Lipinski definition) is 6. The number of thioether (sulfide) groups is 1. The van der Waals surface area contributed by atoms with Crippen LogP contribution in [0, 0.1) is 0 Å². The van der Waals surface area contributed by atoms with Gasteiger partial charge in [-0.3, -0.25) is 9.78 Å². The Hall–Kier alpha value is -2.41. The topological polar surface area (TPSA) is 63.7 Å². The van der Waals surface area contributed by atoms with Gasteiger partial charge in [0.2, 0.25) is 5.91 Å². The third-order valence-electron chi connectivity index (χ3n) is 4.70. The molecule has 1 N–H and O–H groups in total. The van der Waals surface area contributed by atoms with Crippen molar-refractivity contribution in [1.29, 1.82) is 0 Å². The summed E-state index contributed by atoms with van der Waals surface area (Å²) in [5, 5.41) is 3.55. The molecule has 0 spiro atoms.